The summed E-state index contributed by atoms with van der Waals surface area (Å²) in [6.45, 7) is 6.47. The van der Waals surface area contributed by atoms with Crippen LogP contribution in [0.2, 0.25) is 0 Å². The highest BCUT2D eigenvalue weighted by molar-refractivity contribution is 14.0. The molecule has 1 atom stereocenters. The van der Waals surface area contributed by atoms with E-state index in [1.807, 2.05) is 31.2 Å². The molecule has 1 aromatic carbocycles. The Kier molecular flexibility index (Phi) is 10.8. The van der Waals surface area contributed by atoms with Gasteiger partial charge in [0.05, 0.1) is 31.6 Å². The monoisotopic (exact) mass is 552 g/mol. The van der Waals surface area contributed by atoms with Crippen LogP contribution in [0, 0.1) is 0 Å². The molecule has 2 aliphatic heterocycles. The lowest BCUT2D eigenvalue weighted by atomic mass is 10.1. The summed E-state index contributed by atoms with van der Waals surface area (Å²) in [5.41, 5.74) is 1.70. The van der Waals surface area contributed by atoms with Crippen molar-refractivity contribution < 1.29 is 17.9 Å². The maximum absolute atomic E-state index is 12.8. The first-order chi connectivity index (χ1) is 14.1. The Balaban J connectivity index is 0.00000320. The SMILES string of the molecule is CCNC(=NCc1ccccc1CS(=O)(=O)N1CCOCC1)NCC1CCCO1.I. The molecule has 3 rings (SSSR count). The molecule has 0 aliphatic carbocycles. The minimum atomic E-state index is -3.37. The number of rotatable bonds is 8. The van der Waals surface area contributed by atoms with E-state index in [9.17, 15) is 8.42 Å². The van der Waals surface area contributed by atoms with Gasteiger partial charge in [0.1, 0.15) is 0 Å². The van der Waals surface area contributed by atoms with Crippen LogP contribution in [0.15, 0.2) is 29.3 Å². The molecule has 10 heteroatoms. The minimum Gasteiger partial charge on any atom is -0.379 e. The predicted molar refractivity (Wildman–Crippen MR) is 129 cm³/mol. The third kappa shape index (κ3) is 7.63. The van der Waals surface area contributed by atoms with Gasteiger partial charge in [0.25, 0.3) is 0 Å². The standard InChI is InChI=1S/C20H32N4O4S.HI/c1-2-21-20(23-15-19-8-5-11-28-19)22-14-17-6-3-4-7-18(17)16-29(25,26)24-9-12-27-13-10-24;/h3-4,6-7,19H,2,5,8-16H2,1H3,(H2,21,22,23);1H. The van der Waals surface area contributed by atoms with Gasteiger partial charge < -0.3 is 20.1 Å². The summed E-state index contributed by atoms with van der Waals surface area (Å²) in [6, 6.07) is 7.60. The van der Waals surface area contributed by atoms with Crippen LogP contribution in [0.1, 0.15) is 30.9 Å². The number of aliphatic imine (C=N–C) groups is 1. The lowest BCUT2D eigenvalue weighted by Crippen LogP contribution is -2.41. The first kappa shape index (κ1) is 25.3. The maximum Gasteiger partial charge on any atom is 0.218 e. The molecular formula is C20H33IN4O4S. The van der Waals surface area contributed by atoms with Crippen molar-refractivity contribution in [1.29, 1.82) is 0 Å². The Morgan fingerprint density at radius 2 is 1.90 bits per heavy atom. The fourth-order valence-corrected chi connectivity index (χ4v) is 5.05. The van der Waals surface area contributed by atoms with Crippen LogP contribution in [-0.2, 0) is 31.8 Å². The van der Waals surface area contributed by atoms with Gasteiger partial charge in [-0.1, -0.05) is 24.3 Å². The Morgan fingerprint density at radius 1 is 1.17 bits per heavy atom. The molecule has 170 valence electrons. The van der Waals surface area contributed by atoms with E-state index in [0.29, 0.717) is 38.8 Å². The van der Waals surface area contributed by atoms with Crippen molar-refractivity contribution in [2.45, 2.75) is 38.2 Å². The maximum atomic E-state index is 12.8. The van der Waals surface area contributed by atoms with Crippen molar-refractivity contribution in [1.82, 2.24) is 14.9 Å². The number of morpholine rings is 1. The third-order valence-corrected chi connectivity index (χ3v) is 6.92. The average molecular weight is 552 g/mol. The van der Waals surface area contributed by atoms with E-state index < -0.39 is 10.0 Å². The third-order valence-electron chi connectivity index (χ3n) is 5.09. The summed E-state index contributed by atoms with van der Waals surface area (Å²) in [4.78, 5) is 4.66. The second-order valence-electron chi connectivity index (χ2n) is 7.25. The van der Waals surface area contributed by atoms with E-state index in [1.54, 1.807) is 0 Å². The van der Waals surface area contributed by atoms with Gasteiger partial charge in [-0.3, -0.25) is 0 Å². The number of hydrogen-bond acceptors (Lipinski definition) is 5. The molecule has 0 amide bonds. The summed E-state index contributed by atoms with van der Waals surface area (Å²) in [5.74, 6) is 0.701. The van der Waals surface area contributed by atoms with Crippen LogP contribution in [0.4, 0.5) is 0 Å². The van der Waals surface area contributed by atoms with Crippen LogP contribution in [-0.4, -0.2) is 70.8 Å². The summed E-state index contributed by atoms with van der Waals surface area (Å²) in [6.07, 6.45) is 2.39. The Morgan fingerprint density at radius 3 is 2.57 bits per heavy atom. The Bertz CT molecular complexity index is 779. The number of benzene rings is 1. The summed E-state index contributed by atoms with van der Waals surface area (Å²) in [7, 11) is -3.37. The normalized spacial score (nSPS) is 20.6. The Hall–Kier alpha value is -0.950. The van der Waals surface area contributed by atoms with Crippen LogP contribution in [0.3, 0.4) is 0 Å². The highest BCUT2D eigenvalue weighted by Gasteiger charge is 2.25. The quantitative estimate of drug-likeness (QED) is 0.290. The van der Waals surface area contributed by atoms with Crippen molar-refractivity contribution >= 4 is 40.0 Å². The number of sulfonamides is 1. The molecule has 2 aliphatic rings. The second-order valence-corrected chi connectivity index (χ2v) is 9.22. The minimum absolute atomic E-state index is 0. The summed E-state index contributed by atoms with van der Waals surface area (Å²) < 4.78 is 38.0. The van der Waals surface area contributed by atoms with E-state index in [4.69, 9.17) is 9.47 Å². The van der Waals surface area contributed by atoms with Gasteiger partial charge in [-0.2, -0.15) is 4.31 Å². The second kappa shape index (κ2) is 12.8. The topological polar surface area (TPSA) is 92.3 Å². The molecule has 0 radical (unpaired) electrons. The fourth-order valence-electron chi connectivity index (χ4n) is 3.49. The van der Waals surface area contributed by atoms with Gasteiger partial charge in [-0.25, -0.2) is 13.4 Å². The summed E-state index contributed by atoms with van der Waals surface area (Å²) in [5, 5.41) is 6.56. The van der Waals surface area contributed by atoms with E-state index in [-0.39, 0.29) is 35.8 Å². The van der Waals surface area contributed by atoms with Gasteiger partial charge in [-0.05, 0) is 30.9 Å². The van der Waals surface area contributed by atoms with Crippen molar-refractivity contribution in [3.63, 3.8) is 0 Å². The van der Waals surface area contributed by atoms with Crippen LogP contribution < -0.4 is 10.6 Å². The summed E-state index contributed by atoms with van der Waals surface area (Å²) >= 11 is 0. The molecule has 0 saturated carbocycles. The number of ether oxygens (including phenoxy) is 2. The highest BCUT2D eigenvalue weighted by Crippen LogP contribution is 2.17. The number of hydrogen-bond donors (Lipinski definition) is 2. The first-order valence-corrected chi connectivity index (χ1v) is 12.0. The molecule has 2 fully saturated rings. The molecule has 2 saturated heterocycles. The number of halogens is 1. The number of nitrogens with one attached hydrogen (secondary N) is 2. The van der Waals surface area contributed by atoms with Crippen molar-refractivity contribution in [3.8, 4) is 0 Å². The zero-order valence-corrected chi connectivity index (χ0v) is 20.7. The zero-order valence-electron chi connectivity index (χ0n) is 17.5. The van der Waals surface area contributed by atoms with Crippen molar-refractivity contribution in [2.24, 2.45) is 4.99 Å². The molecule has 1 unspecified atom stereocenters. The van der Waals surface area contributed by atoms with Crippen LogP contribution in [0.25, 0.3) is 0 Å². The smallest absolute Gasteiger partial charge is 0.218 e. The lowest BCUT2D eigenvalue weighted by molar-refractivity contribution is 0.0729. The van der Waals surface area contributed by atoms with Gasteiger partial charge in [-0.15, -0.1) is 24.0 Å². The molecule has 0 spiro atoms. The van der Waals surface area contributed by atoms with Gasteiger partial charge in [0.2, 0.25) is 10.0 Å². The molecule has 0 aromatic heterocycles. The molecule has 2 heterocycles. The van der Waals surface area contributed by atoms with E-state index >= 15 is 0 Å². The first-order valence-electron chi connectivity index (χ1n) is 10.3. The van der Waals surface area contributed by atoms with Crippen LogP contribution >= 0.6 is 24.0 Å². The molecule has 0 bridgehead atoms. The predicted octanol–water partition coefficient (Wildman–Crippen LogP) is 1.70. The van der Waals surface area contributed by atoms with Gasteiger partial charge >= 0.3 is 0 Å². The molecule has 1 aromatic rings. The molecular weight excluding hydrogens is 519 g/mol. The fraction of sp³-hybridized carbons (Fsp3) is 0.650. The van der Waals surface area contributed by atoms with Crippen molar-refractivity contribution in [3.05, 3.63) is 35.4 Å². The number of nitrogens with zero attached hydrogens (tertiary/aromatic N) is 2. The zero-order chi connectivity index (χ0) is 20.5. The van der Waals surface area contributed by atoms with Gasteiger partial charge in [0.15, 0.2) is 5.96 Å². The van der Waals surface area contributed by atoms with Crippen LogP contribution in [0.5, 0.6) is 0 Å². The van der Waals surface area contributed by atoms with E-state index in [1.165, 1.54) is 4.31 Å². The van der Waals surface area contributed by atoms with Gasteiger partial charge in [0, 0.05) is 32.8 Å². The Labute approximate surface area is 196 Å². The van der Waals surface area contributed by atoms with Crippen molar-refractivity contribution in [2.75, 3.05) is 46.0 Å². The highest BCUT2D eigenvalue weighted by atomic mass is 127. The largest absolute Gasteiger partial charge is 0.379 e. The molecule has 8 nitrogen and oxygen atoms in total. The number of guanidine groups is 1. The lowest BCUT2D eigenvalue weighted by Gasteiger charge is -2.26. The average Bonchev–Trinajstić information content (AvgIpc) is 3.25. The van der Waals surface area contributed by atoms with E-state index in [0.717, 1.165) is 43.7 Å². The molecule has 2 N–H and O–H groups in total. The molecule has 30 heavy (non-hydrogen) atoms. The van der Waals surface area contributed by atoms with E-state index in [2.05, 4.69) is 15.6 Å².